The van der Waals surface area contributed by atoms with Crippen molar-refractivity contribution in [1.29, 1.82) is 0 Å². The number of sulfonamides is 1. The summed E-state index contributed by atoms with van der Waals surface area (Å²) < 4.78 is 26.1. The Kier molecular flexibility index (Phi) is 8.00. The summed E-state index contributed by atoms with van der Waals surface area (Å²) in [5, 5.41) is 5.63. The van der Waals surface area contributed by atoms with E-state index in [9.17, 15) is 18.0 Å². The van der Waals surface area contributed by atoms with Gasteiger partial charge in [0.25, 0.3) is 5.91 Å². The van der Waals surface area contributed by atoms with Gasteiger partial charge in [-0.3, -0.25) is 13.9 Å². The summed E-state index contributed by atoms with van der Waals surface area (Å²) in [6.07, 6.45) is 2.11. The van der Waals surface area contributed by atoms with Crippen LogP contribution in [0.5, 0.6) is 0 Å². The minimum absolute atomic E-state index is 0.0107. The Morgan fingerprint density at radius 3 is 2.13 bits per heavy atom. The standard InChI is InChI=1S/C22H29N3O4S/c1-5-16(3)23-21(26)18-14-10-11-15-19(18)24-22(27)20(6-2)25(30(4,28)29)17-12-8-7-9-13-17/h7-16,20H,5-6H2,1-4H3,(H,23,26)(H,24,27). The third-order valence-corrected chi connectivity index (χ3v) is 5.94. The van der Waals surface area contributed by atoms with Gasteiger partial charge < -0.3 is 10.6 Å². The van der Waals surface area contributed by atoms with Gasteiger partial charge in [0.1, 0.15) is 6.04 Å². The van der Waals surface area contributed by atoms with E-state index in [2.05, 4.69) is 10.6 Å². The van der Waals surface area contributed by atoms with E-state index in [4.69, 9.17) is 0 Å². The summed E-state index contributed by atoms with van der Waals surface area (Å²) in [6, 6.07) is 14.2. The Bertz CT molecular complexity index is 977. The van der Waals surface area contributed by atoms with Crippen molar-refractivity contribution in [3.8, 4) is 0 Å². The Hall–Kier alpha value is -2.87. The van der Waals surface area contributed by atoms with E-state index in [1.54, 1.807) is 61.5 Å². The Morgan fingerprint density at radius 2 is 1.57 bits per heavy atom. The third kappa shape index (κ3) is 5.82. The maximum Gasteiger partial charge on any atom is 0.253 e. The molecule has 162 valence electrons. The number of rotatable bonds is 9. The molecule has 2 rings (SSSR count). The highest BCUT2D eigenvalue weighted by molar-refractivity contribution is 7.92. The normalized spacial score (nSPS) is 13.2. The average molecular weight is 432 g/mol. The van der Waals surface area contributed by atoms with E-state index in [-0.39, 0.29) is 18.4 Å². The summed E-state index contributed by atoms with van der Waals surface area (Å²) >= 11 is 0. The number of carbonyl (C=O) groups is 2. The van der Waals surface area contributed by atoms with Crippen LogP contribution in [0.1, 0.15) is 44.0 Å². The average Bonchev–Trinajstić information content (AvgIpc) is 2.71. The molecule has 2 amide bonds. The van der Waals surface area contributed by atoms with Crippen molar-refractivity contribution in [2.24, 2.45) is 0 Å². The number of amides is 2. The maximum absolute atomic E-state index is 13.1. The van der Waals surface area contributed by atoms with E-state index in [0.717, 1.165) is 17.0 Å². The molecule has 0 heterocycles. The molecule has 30 heavy (non-hydrogen) atoms. The first-order valence-electron chi connectivity index (χ1n) is 9.94. The van der Waals surface area contributed by atoms with Crippen LogP contribution in [-0.4, -0.2) is 38.6 Å². The van der Waals surface area contributed by atoms with Crippen molar-refractivity contribution in [3.63, 3.8) is 0 Å². The summed E-state index contributed by atoms with van der Waals surface area (Å²) in [7, 11) is -3.72. The molecule has 8 heteroatoms. The van der Waals surface area contributed by atoms with Gasteiger partial charge in [-0.05, 0) is 44.0 Å². The zero-order valence-electron chi connectivity index (χ0n) is 17.8. The van der Waals surface area contributed by atoms with Gasteiger partial charge in [-0.1, -0.05) is 44.2 Å². The molecule has 2 unspecified atom stereocenters. The Labute approximate surface area is 178 Å². The van der Waals surface area contributed by atoms with E-state index in [1.807, 2.05) is 13.8 Å². The monoisotopic (exact) mass is 431 g/mol. The molecule has 0 aliphatic rings. The number of benzene rings is 2. The predicted octanol–water partition coefficient (Wildman–Crippen LogP) is 3.40. The second-order valence-corrected chi connectivity index (χ2v) is 9.00. The van der Waals surface area contributed by atoms with Gasteiger partial charge in [-0.2, -0.15) is 0 Å². The lowest BCUT2D eigenvalue weighted by molar-refractivity contribution is -0.117. The van der Waals surface area contributed by atoms with Gasteiger partial charge in [0.2, 0.25) is 15.9 Å². The topological polar surface area (TPSA) is 95.6 Å². The van der Waals surface area contributed by atoms with Gasteiger partial charge in [-0.15, -0.1) is 0 Å². The number of carbonyl (C=O) groups excluding carboxylic acids is 2. The quantitative estimate of drug-likeness (QED) is 0.636. The van der Waals surface area contributed by atoms with Gasteiger partial charge in [0.15, 0.2) is 0 Å². The van der Waals surface area contributed by atoms with Crippen molar-refractivity contribution < 1.29 is 18.0 Å². The molecular weight excluding hydrogens is 402 g/mol. The molecule has 2 aromatic rings. The van der Waals surface area contributed by atoms with Gasteiger partial charge in [0.05, 0.1) is 23.2 Å². The summed E-state index contributed by atoms with van der Waals surface area (Å²) in [5.74, 6) is -0.799. The molecule has 0 spiro atoms. The molecule has 2 atom stereocenters. The molecule has 0 fully saturated rings. The first-order chi connectivity index (χ1) is 14.2. The largest absolute Gasteiger partial charge is 0.350 e. The number of nitrogens with one attached hydrogen (secondary N) is 2. The van der Waals surface area contributed by atoms with Crippen molar-refractivity contribution in [2.75, 3.05) is 15.9 Å². The molecule has 0 bridgehead atoms. The van der Waals surface area contributed by atoms with Crippen molar-refractivity contribution in [3.05, 3.63) is 60.2 Å². The molecule has 0 aliphatic carbocycles. The van der Waals surface area contributed by atoms with Crippen LogP contribution in [0, 0.1) is 0 Å². The number of anilines is 2. The Morgan fingerprint density at radius 1 is 0.967 bits per heavy atom. The molecule has 0 radical (unpaired) electrons. The maximum atomic E-state index is 13.1. The number of nitrogens with zero attached hydrogens (tertiary/aromatic N) is 1. The predicted molar refractivity (Wildman–Crippen MR) is 120 cm³/mol. The lowest BCUT2D eigenvalue weighted by atomic mass is 10.1. The minimum Gasteiger partial charge on any atom is -0.350 e. The number of hydrogen-bond acceptors (Lipinski definition) is 4. The zero-order chi connectivity index (χ0) is 22.3. The molecular formula is C22H29N3O4S. The van der Waals surface area contributed by atoms with Crippen LogP contribution < -0.4 is 14.9 Å². The highest BCUT2D eigenvalue weighted by Gasteiger charge is 2.32. The second kappa shape index (κ2) is 10.2. The molecule has 2 N–H and O–H groups in total. The van der Waals surface area contributed by atoms with Crippen molar-refractivity contribution >= 4 is 33.2 Å². The smallest absolute Gasteiger partial charge is 0.253 e. The van der Waals surface area contributed by atoms with Crippen LogP contribution in [-0.2, 0) is 14.8 Å². The van der Waals surface area contributed by atoms with Crippen LogP contribution in [0.25, 0.3) is 0 Å². The first kappa shape index (κ1) is 23.4. The number of hydrogen-bond donors (Lipinski definition) is 2. The summed E-state index contributed by atoms with van der Waals surface area (Å²) in [4.78, 5) is 25.7. The fraction of sp³-hybridized carbons (Fsp3) is 0.364. The van der Waals surface area contributed by atoms with Gasteiger partial charge >= 0.3 is 0 Å². The van der Waals surface area contributed by atoms with E-state index in [1.165, 1.54) is 0 Å². The highest BCUT2D eigenvalue weighted by atomic mass is 32.2. The first-order valence-corrected chi connectivity index (χ1v) is 11.8. The van der Waals surface area contributed by atoms with Crippen LogP contribution in [0.3, 0.4) is 0 Å². The lowest BCUT2D eigenvalue weighted by Crippen LogP contribution is -2.47. The molecule has 0 aromatic heterocycles. The zero-order valence-corrected chi connectivity index (χ0v) is 18.6. The van der Waals surface area contributed by atoms with Crippen LogP contribution in [0.15, 0.2) is 54.6 Å². The number of para-hydroxylation sites is 2. The molecule has 0 saturated carbocycles. The van der Waals surface area contributed by atoms with E-state index < -0.39 is 22.0 Å². The second-order valence-electron chi connectivity index (χ2n) is 7.14. The van der Waals surface area contributed by atoms with Crippen LogP contribution >= 0.6 is 0 Å². The molecule has 0 saturated heterocycles. The minimum atomic E-state index is -3.72. The van der Waals surface area contributed by atoms with E-state index in [0.29, 0.717) is 16.9 Å². The van der Waals surface area contributed by atoms with Gasteiger partial charge in [0, 0.05) is 6.04 Å². The highest BCUT2D eigenvalue weighted by Crippen LogP contribution is 2.24. The van der Waals surface area contributed by atoms with Crippen LogP contribution in [0.2, 0.25) is 0 Å². The molecule has 2 aromatic carbocycles. The third-order valence-electron chi connectivity index (χ3n) is 4.76. The van der Waals surface area contributed by atoms with Crippen molar-refractivity contribution in [2.45, 2.75) is 45.7 Å². The van der Waals surface area contributed by atoms with E-state index >= 15 is 0 Å². The molecule has 7 nitrogen and oxygen atoms in total. The van der Waals surface area contributed by atoms with Gasteiger partial charge in [-0.25, -0.2) is 8.42 Å². The lowest BCUT2D eigenvalue weighted by Gasteiger charge is -2.30. The van der Waals surface area contributed by atoms with Crippen LogP contribution in [0.4, 0.5) is 11.4 Å². The fourth-order valence-corrected chi connectivity index (χ4v) is 4.26. The fourth-order valence-electron chi connectivity index (χ4n) is 3.04. The van der Waals surface area contributed by atoms with Crippen molar-refractivity contribution in [1.82, 2.24) is 5.32 Å². The molecule has 0 aliphatic heterocycles. The Balaban J connectivity index is 2.34. The summed E-state index contributed by atoms with van der Waals surface area (Å²) in [6.45, 7) is 5.61. The SMILES string of the molecule is CCC(C)NC(=O)c1ccccc1NC(=O)C(CC)N(c1ccccc1)S(C)(=O)=O. The summed E-state index contributed by atoms with van der Waals surface area (Å²) in [5.41, 5.74) is 1.07.